The van der Waals surface area contributed by atoms with Crippen LogP contribution in [0.2, 0.25) is 0 Å². The van der Waals surface area contributed by atoms with E-state index in [9.17, 15) is 9.59 Å². The van der Waals surface area contributed by atoms with Gasteiger partial charge in [0, 0.05) is 32.4 Å². The van der Waals surface area contributed by atoms with Crippen LogP contribution in [0.4, 0.5) is 0 Å². The van der Waals surface area contributed by atoms with Crippen LogP contribution in [-0.2, 0) is 0 Å². The van der Waals surface area contributed by atoms with Gasteiger partial charge in [-0.2, -0.15) is 0 Å². The number of hydrogen-bond donors (Lipinski definition) is 2. The van der Waals surface area contributed by atoms with Crippen molar-refractivity contribution in [2.45, 2.75) is 0 Å². The highest BCUT2D eigenvalue weighted by atomic mass is 16.5. The second-order valence-electron chi connectivity index (χ2n) is 8.68. The van der Waals surface area contributed by atoms with Gasteiger partial charge in [-0.15, -0.1) is 0 Å². The Labute approximate surface area is 198 Å². The van der Waals surface area contributed by atoms with Crippen molar-refractivity contribution in [3.8, 4) is 11.5 Å². The van der Waals surface area contributed by atoms with Gasteiger partial charge in [-0.3, -0.25) is 9.59 Å². The molecule has 0 fully saturated rings. The molecule has 2 heterocycles. The van der Waals surface area contributed by atoms with Gasteiger partial charge < -0.3 is 14.7 Å². The number of hydrogen-bond acceptors (Lipinski definition) is 3. The van der Waals surface area contributed by atoms with E-state index in [4.69, 9.17) is 4.74 Å². The van der Waals surface area contributed by atoms with E-state index in [1.165, 1.54) is 0 Å². The number of ether oxygens (including phenoxy) is 1. The summed E-state index contributed by atoms with van der Waals surface area (Å²) in [7, 11) is 0. The van der Waals surface area contributed by atoms with Gasteiger partial charge >= 0.3 is 0 Å². The van der Waals surface area contributed by atoms with E-state index in [0.717, 1.165) is 22.0 Å². The van der Waals surface area contributed by atoms with Crippen molar-refractivity contribution < 1.29 is 4.74 Å². The van der Waals surface area contributed by atoms with Gasteiger partial charge in [0.25, 0.3) is 0 Å². The molecule has 5 heteroatoms. The van der Waals surface area contributed by atoms with Crippen molar-refractivity contribution in [3.05, 3.63) is 118 Å². The predicted octanol–water partition coefficient (Wildman–Crippen LogP) is 6.62. The zero-order valence-corrected chi connectivity index (χ0v) is 18.5. The summed E-state index contributed by atoms with van der Waals surface area (Å²) in [6.07, 6.45) is 0. The minimum absolute atomic E-state index is 0.0592. The molecule has 0 saturated heterocycles. The molecule has 0 spiro atoms. The number of nitrogens with one attached hydrogen (secondary N) is 2. The molecule has 0 atom stereocenters. The topological polar surface area (TPSA) is 74.9 Å². The molecule has 166 valence electrons. The second kappa shape index (κ2) is 7.30. The molecule has 5 aromatic carbocycles. The molecular weight excluding hydrogens is 436 g/mol. The highest BCUT2D eigenvalue weighted by Gasteiger charge is 2.12. The molecule has 0 bridgehead atoms. The predicted molar refractivity (Wildman–Crippen MR) is 142 cm³/mol. The average molecular weight is 454 g/mol. The van der Waals surface area contributed by atoms with Gasteiger partial charge in [-0.25, -0.2) is 0 Å². The number of fused-ring (bicyclic) bond motifs is 5. The maximum absolute atomic E-state index is 13.5. The molecule has 35 heavy (non-hydrogen) atoms. The Morgan fingerprint density at radius 1 is 0.486 bits per heavy atom. The monoisotopic (exact) mass is 454 g/mol. The number of benzene rings is 5. The molecule has 7 aromatic rings. The molecular formula is C30H18N2O3. The molecule has 7 rings (SSSR count). The maximum Gasteiger partial charge on any atom is 0.197 e. The SMILES string of the molecule is O=c1c2ccccc2[nH]c2cc3c(=O)c4cc(Oc5cccc6ccccc56)ccc4[nH]c3cc12. The largest absolute Gasteiger partial charge is 0.457 e. The second-order valence-corrected chi connectivity index (χ2v) is 8.68. The summed E-state index contributed by atoms with van der Waals surface area (Å²) in [6.45, 7) is 0. The molecule has 2 N–H and O–H groups in total. The summed E-state index contributed by atoms with van der Waals surface area (Å²) >= 11 is 0. The molecule has 0 aliphatic rings. The minimum atomic E-state index is -0.118. The summed E-state index contributed by atoms with van der Waals surface area (Å²) in [5.41, 5.74) is 2.51. The van der Waals surface area contributed by atoms with Gasteiger partial charge in [-0.1, -0.05) is 48.5 Å². The van der Waals surface area contributed by atoms with Gasteiger partial charge in [0.05, 0.1) is 16.6 Å². The standard InChI is InChI=1S/C30H18N2O3/c33-29-20-9-3-4-10-24(20)31-26-16-23-27(15-22(26)29)32-25-13-12-18(14-21(25)30(23)34)35-28-11-5-7-17-6-1-2-8-19(17)28/h1-16H,(H,31,33)(H,32,34). The number of aromatic nitrogens is 2. The normalized spacial score (nSPS) is 11.7. The third-order valence-corrected chi connectivity index (χ3v) is 6.57. The van der Waals surface area contributed by atoms with Crippen molar-refractivity contribution in [3.63, 3.8) is 0 Å². The van der Waals surface area contributed by atoms with Crippen molar-refractivity contribution in [2.24, 2.45) is 0 Å². The van der Waals surface area contributed by atoms with E-state index in [2.05, 4.69) is 9.97 Å². The quantitative estimate of drug-likeness (QED) is 0.288. The first-order valence-corrected chi connectivity index (χ1v) is 11.4. The Bertz CT molecular complexity index is 2080. The first-order valence-electron chi connectivity index (χ1n) is 11.4. The van der Waals surface area contributed by atoms with Crippen LogP contribution in [0.5, 0.6) is 11.5 Å². The average Bonchev–Trinajstić information content (AvgIpc) is 2.89. The van der Waals surface area contributed by atoms with E-state index in [0.29, 0.717) is 43.8 Å². The zero-order chi connectivity index (χ0) is 23.5. The fourth-order valence-electron chi connectivity index (χ4n) is 4.85. The van der Waals surface area contributed by atoms with Crippen LogP contribution in [0.15, 0.2) is 107 Å². The molecule has 0 unspecified atom stereocenters. The van der Waals surface area contributed by atoms with Gasteiger partial charge in [0.1, 0.15) is 11.5 Å². The molecule has 0 aliphatic carbocycles. The van der Waals surface area contributed by atoms with Crippen molar-refractivity contribution in [1.82, 2.24) is 9.97 Å². The molecule has 2 aromatic heterocycles. The fourth-order valence-corrected chi connectivity index (χ4v) is 4.85. The molecule has 5 nitrogen and oxygen atoms in total. The number of pyridine rings is 2. The Morgan fingerprint density at radius 3 is 1.89 bits per heavy atom. The van der Waals surface area contributed by atoms with Gasteiger partial charge in [-0.05, 0) is 53.9 Å². The minimum Gasteiger partial charge on any atom is -0.457 e. The molecule has 0 saturated carbocycles. The maximum atomic E-state index is 13.5. The van der Waals surface area contributed by atoms with E-state index in [1.807, 2.05) is 72.8 Å². The lowest BCUT2D eigenvalue weighted by atomic mass is 10.1. The highest BCUT2D eigenvalue weighted by molar-refractivity contribution is 6.02. The summed E-state index contributed by atoms with van der Waals surface area (Å²) in [5, 5.41) is 4.30. The third kappa shape index (κ3) is 3.02. The first-order chi connectivity index (χ1) is 17.2. The lowest BCUT2D eigenvalue weighted by Crippen LogP contribution is -2.08. The Morgan fingerprint density at radius 2 is 1.09 bits per heavy atom. The Kier molecular flexibility index (Phi) is 4.08. The van der Waals surface area contributed by atoms with Crippen LogP contribution in [0.3, 0.4) is 0 Å². The van der Waals surface area contributed by atoms with Crippen LogP contribution in [0.1, 0.15) is 0 Å². The number of rotatable bonds is 2. The lowest BCUT2D eigenvalue weighted by molar-refractivity contribution is 0.489. The lowest BCUT2D eigenvalue weighted by Gasteiger charge is -2.11. The van der Waals surface area contributed by atoms with E-state index in [-0.39, 0.29) is 10.9 Å². The van der Waals surface area contributed by atoms with Crippen molar-refractivity contribution in [1.29, 1.82) is 0 Å². The number of aromatic amines is 2. The van der Waals surface area contributed by atoms with Crippen molar-refractivity contribution in [2.75, 3.05) is 0 Å². The molecule has 0 amide bonds. The van der Waals surface area contributed by atoms with Crippen LogP contribution in [-0.4, -0.2) is 9.97 Å². The van der Waals surface area contributed by atoms with Crippen molar-refractivity contribution >= 4 is 54.4 Å². The summed E-state index contributed by atoms with van der Waals surface area (Å²) < 4.78 is 6.20. The van der Waals surface area contributed by atoms with Gasteiger partial charge in [0.15, 0.2) is 10.9 Å². The Hall–Kier alpha value is -4.90. The highest BCUT2D eigenvalue weighted by Crippen LogP contribution is 2.31. The summed E-state index contributed by atoms with van der Waals surface area (Å²) in [6, 6.07) is 30.3. The van der Waals surface area contributed by atoms with Crippen LogP contribution in [0.25, 0.3) is 54.4 Å². The van der Waals surface area contributed by atoms with Crippen LogP contribution < -0.4 is 15.6 Å². The van der Waals surface area contributed by atoms with E-state index < -0.39 is 0 Å². The smallest absolute Gasteiger partial charge is 0.197 e. The number of para-hydroxylation sites is 1. The van der Waals surface area contributed by atoms with E-state index >= 15 is 0 Å². The first kappa shape index (κ1) is 19.6. The summed E-state index contributed by atoms with van der Waals surface area (Å²) in [5.74, 6) is 1.31. The van der Waals surface area contributed by atoms with Crippen LogP contribution >= 0.6 is 0 Å². The number of H-pyrrole nitrogens is 2. The summed E-state index contributed by atoms with van der Waals surface area (Å²) in [4.78, 5) is 33.2. The van der Waals surface area contributed by atoms with Gasteiger partial charge in [0.2, 0.25) is 0 Å². The van der Waals surface area contributed by atoms with E-state index in [1.54, 1.807) is 24.3 Å². The molecule has 0 aliphatic heterocycles. The zero-order valence-electron chi connectivity index (χ0n) is 18.5. The Balaban J connectivity index is 1.42. The fraction of sp³-hybridized carbons (Fsp3) is 0. The third-order valence-electron chi connectivity index (χ3n) is 6.57. The molecule has 0 radical (unpaired) electrons. The van der Waals surface area contributed by atoms with Crippen LogP contribution in [0, 0.1) is 0 Å².